The molecule has 0 unspecified atom stereocenters. The molecule has 0 aromatic carbocycles. The number of aliphatic hydroxyl groups is 6. The van der Waals surface area contributed by atoms with Crippen LogP contribution in [0, 0.1) is 0 Å². The third-order valence-electron chi connectivity index (χ3n) is 8.01. The molecule has 40 heavy (non-hydrogen) atoms. The second-order valence-corrected chi connectivity index (χ2v) is 11.0. The number of rotatable bonds is 13. The van der Waals surface area contributed by atoms with E-state index in [0.717, 1.165) is 32.1 Å². The quantitative estimate of drug-likeness (QED) is 0.0920. The lowest BCUT2D eigenvalue weighted by atomic mass is 9.84. The predicted molar refractivity (Wildman–Crippen MR) is 140 cm³/mol. The average Bonchev–Trinajstić information content (AvgIpc) is 2.93. The molecule has 0 bridgehead atoms. The summed E-state index contributed by atoms with van der Waals surface area (Å²) in [5, 5.41) is 62.6. The molecule has 3 fully saturated rings. The van der Waals surface area contributed by atoms with Gasteiger partial charge in [0.15, 0.2) is 12.6 Å². The van der Waals surface area contributed by atoms with Gasteiger partial charge in [0.1, 0.15) is 61.0 Å². The van der Waals surface area contributed by atoms with Crippen LogP contribution in [-0.4, -0.2) is 142 Å². The molecule has 15 nitrogen and oxygen atoms in total. The highest BCUT2D eigenvalue weighted by atomic mass is 16.7. The summed E-state index contributed by atoms with van der Waals surface area (Å²) in [6.45, 7) is 1.93. The minimum atomic E-state index is -1.65. The fourth-order valence-electron chi connectivity index (χ4n) is 5.53. The van der Waals surface area contributed by atoms with Gasteiger partial charge in [0.2, 0.25) is 0 Å². The van der Waals surface area contributed by atoms with Gasteiger partial charge in [-0.15, -0.1) is 0 Å². The van der Waals surface area contributed by atoms with Gasteiger partial charge in [-0.1, -0.05) is 32.6 Å². The van der Waals surface area contributed by atoms with Crippen LogP contribution in [0.5, 0.6) is 0 Å². The van der Waals surface area contributed by atoms with E-state index in [4.69, 9.17) is 46.6 Å². The molecule has 1 aliphatic carbocycles. The number of hydrogen-bond donors (Lipinski definition) is 10. The van der Waals surface area contributed by atoms with Gasteiger partial charge < -0.3 is 77.3 Å². The molecule has 236 valence electrons. The van der Waals surface area contributed by atoms with Crippen LogP contribution in [-0.2, 0) is 23.7 Å². The van der Waals surface area contributed by atoms with Crippen molar-refractivity contribution in [1.82, 2.24) is 0 Å². The van der Waals surface area contributed by atoms with Gasteiger partial charge in [0, 0.05) is 25.2 Å². The normalized spacial score (nSPS) is 46.4. The lowest BCUT2D eigenvalue weighted by Crippen LogP contribution is -2.68. The first-order chi connectivity index (χ1) is 19.0. The maximum absolute atomic E-state index is 11.2. The molecule has 0 spiro atoms. The monoisotopic (exact) mass is 582 g/mol. The Morgan fingerprint density at radius 2 is 1.27 bits per heavy atom. The van der Waals surface area contributed by atoms with Crippen LogP contribution in [0.1, 0.15) is 45.4 Å². The molecule has 0 amide bonds. The maximum atomic E-state index is 11.2. The van der Waals surface area contributed by atoms with Gasteiger partial charge in [-0.05, 0) is 12.8 Å². The van der Waals surface area contributed by atoms with Gasteiger partial charge in [-0.2, -0.15) is 0 Å². The molecule has 15 heteroatoms. The van der Waals surface area contributed by atoms with Crippen LogP contribution >= 0.6 is 0 Å². The number of aliphatic hydroxyl groups excluding tert-OH is 6. The highest BCUT2D eigenvalue weighted by Gasteiger charge is 2.51. The second-order valence-electron chi connectivity index (χ2n) is 11.0. The van der Waals surface area contributed by atoms with E-state index in [9.17, 15) is 30.6 Å². The molecule has 2 heterocycles. The van der Waals surface area contributed by atoms with Gasteiger partial charge in [0.05, 0.1) is 12.6 Å². The number of nitrogens with two attached hydrogens (primary N) is 4. The largest absolute Gasteiger partial charge is 0.394 e. The van der Waals surface area contributed by atoms with Crippen molar-refractivity contribution in [2.75, 3.05) is 19.8 Å². The smallest absolute Gasteiger partial charge is 0.187 e. The van der Waals surface area contributed by atoms with Crippen molar-refractivity contribution in [3.8, 4) is 0 Å². The van der Waals surface area contributed by atoms with Crippen molar-refractivity contribution in [3.05, 3.63) is 0 Å². The minimum absolute atomic E-state index is 0.114. The van der Waals surface area contributed by atoms with Crippen LogP contribution in [0.3, 0.4) is 0 Å². The zero-order valence-corrected chi connectivity index (χ0v) is 23.1. The third kappa shape index (κ3) is 7.86. The molecule has 14 N–H and O–H groups in total. The SMILES string of the molecule is CCCCCCCO[C@H]1[C@H](N)[C@@H](O)[C@@H](O[C@@H]2[C@@H](O)[C@H](O[C@H]3O[C@H](CN)[C@@H](O)[C@H](O)[C@H]3O)[C@@H](N)C[C@H]2N)O[C@@H]1CO. The van der Waals surface area contributed by atoms with Gasteiger partial charge in [-0.25, -0.2) is 0 Å². The molecule has 3 aliphatic rings. The van der Waals surface area contributed by atoms with E-state index >= 15 is 0 Å². The van der Waals surface area contributed by atoms with E-state index in [1.807, 2.05) is 0 Å². The Balaban J connectivity index is 1.63. The van der Waals surface area contributed by atoms with Crippen LogP contribution in [0.25, 0.3) is 0 Å². The van der Waals surface area contributed by atoms with E-state index in [-0.39, 0.29) is 13.0 Å². The average molecular weight is 583 g/mol. The molecule has 3 rings (SSSR count). The number of unbranched alkanes of at least 4 members (excludes halogenated alkanes) is 4. The summed E-state index contributed by atoms with van der Waals surface area (Å²) in [6.07, 6.45) is -10.1. The van der Waals surface area contributed by atoms with E-state index in [1.54, 1.807) is 0 Å². The standard InChI is InChI=1S/C25H50N4O11/c1-2-3-4-5-6-7-36-23-14(10-30)38-24(17(32)15(23)29)39-21-11(27)8-12(28)22(20(21)35)40-25-19(34)18(33)16(31)13(9-26)37-25/h11-25,30-35H,2-10,26-29H2,1H3/t11-,12+,13-,14-,15-,16-,17-,18+,19-,20-,21+,22-,23-,24-,25-/m1/s1. The topological polar surface area (TPSA) is 272 Å². The Bertz CT molecular complexity index is 741. The summed E-state index contributed by atoms with van der Waals surface area (Å²) in [5.74, 6) is 0. The Hall–Kier alpha value is -0.600. The molecule has 0 radical (unpaired) electrons. The lowest BCUT2D eigenvalue weighted by Gasteiger charge is -2.48. The molecule has 1 saturated carbocycles. The van der Waals surface area contributed by atoms with E-state index < -0.39 is 98.4 Å². The Kier molecular flexibility index (Phi) is 13.3. The minimum Gasteiger partial charge on any atom is -0.394 e. The van der Waals surface area contributed by atoms with Crippen molar-refractivity contribution in [3.63, 3.8) is 0 Å². The molecular formula is C25H50N4O11. The number of ether oxygens (including phenoxy) is 5. The summed E-state index contributed by atoms with van der Waals surface area (Å²) in [7, 11) is 0. The summed E-state index contributed by atoms with van der Waals surface area (Å²) in [5.41, 5.74) is 24.3. The van der Waals surface area contributed by atoms with Crippen molar-refractivity contribution in [1.29, 1.82) is 0 Å². The van der Waals surface area contributed by atoms with Crippen LogP contribution in [0.2, 0.25) is 0 Å². The van der Waals surface area contributed by atoms with Gasteiger partial charge in [-0.3, -0.25) is 0 Å². The van der Waals surface area contributed by atoms with E-state index in [2.05, 4.69) is 6.92 Å². The zero-order valence-electron chi connectivity index (χ0n) is 23.1. The van der Waals surface area contributed by atoms with Crippen LogP contribution in [0.4, 0.5) is 0 Å². The maximum Gasteiger partial charge on any atom is 0.187 e. The predicted octanol–water partition coefficient (Wildman–Crippen LogP) is -4.30. The first-order valence-electron chi connectivity index (χ1n) is 14.3. The van der Waals surface area contributed by atoms with Crippen molar-refractivity contribution >= 4 is 0 Å². The van der Waals surface area contributed by atoms with E-state index in [0.29, 0.717) is 6.61 Å². The van der Waals surface area contributed by atoms with Gasteiger partial charge >= 0.3 is 0 Å². The third-order valence-corrected chi connectivity index (χ3v) is 8.01. The molecular weight excluding hydrogens is 532 g/mol. The first-order valence-corrected chi connectivity index (χ1v) is 14.3. The van der Waals surface area contributed by atoms with Crippen LogP contribution < -0.4 is 22.9 Å². The first kappa shape index (κ1) is 33.9. The molecule has 0 aromatic rings. The van der Waals surface area contributed by atoms with Crippen molar-refractivity contribution in [2.45, 2.75) is 137 Å². The molecule has 2 aliphatic heterocycles. The zero-order chi connectivity index (χ0) is 29.6. The Labute approximate surface area is 234 Å². The molecule has 2 saturated heterocycles. The Morgan fingerprint density at radius 1 is 0.700 bits per heavy atom. The molecule has 0 aromatic heterocycles. The summed E-state index contributed by atoms with van der Waals surface area (Å²) >= 11 is 0. The summed E-state index contributed by atoms with van der Waals surface area (Å²) in [4.78, 5) is 0. The van der Waals surface area contributed by atoms with E-state index in [1.165, 1.54) is 0 Å². The Morgan fingerprint density at radius 3 is 1.85 bits per heavy atom. The summed E-state index contributed by atoms with van der Waals surface area (Å²) in [6, 6.07) is -2.58. The highest BCUT2D eigenvalue weighted by Crippen LogP contribution is 2.31. The number of hydrogen-bond acceptors (Lipinski definition) is 15. The van der Waals surface area contributed by atoms with Gasteiger partial charge in [0.25, 0.3) is 0 Å². The lowest BCUT2D eigenvalue weighted by molar-refractivity contribution is -0.333. The summed E-state index contributed by atoms with van der Waals surface area (Å²) < 4.78 is 28.9. The van der Waals surface area contributed by atoms with Crippen molar-refractivity contribution in [2.24, 2.45) is 22.9 Å². The fourth-order valence-corrected chi connectivity index (χ4v) is 5.53. The van der Waals surface area contributed by atoms with Crippen LogP contribution in [0.15, 0.2) is 0 Å². The second kappa shape index (κ2) is 15.7. The molecule has 15 atom stereocenters. The highest BCUT2D eigenvalue weighted by molar-refractivity contribution is 5.01. The fraction of sp³-hybridized carbons (Fsp3) is 1.00. The van der Waals surface area contributed by atoms with Crippen molar-refractivity contribution < 1.29 is 54.3 Å².